The van der Waals surface area contributed by atoms with Crippen LogP contribution in [0.1, 0.15) is 37.8 Å². The van der Waals surface area contributed by atoms with Crippen molar-refractivity contribution in [2.45, 2.75) is 34.1 Å². The van der Waals surface area contributed by atoms with Crippen LogP contribution in [-0.4, -0.2) is 16.1 Å². The number of hydrogen-bond acceptors (Lipinski definition) is 5. The Labute approximate surface area is 192 Å². The maximum atomic E-state index is 10.4. The number of nitrogens with zero attached hydrogens (tertiary/aromatic N) is 2. The molecule has 0 unspecified atom stereocenters. The molecule has 0 fully saturated rings. The molecule has 0 aliphatic heterocycles. The average molecular weight is 459 g/mol. The summed E-state index contributed by atoms with van der Waals surface area (Å²) in [6, 6.07) is 12.3. The van der Waals surface area contributed by atoms with Gasteiger partial charge >= 0.3 is 6.01 Å². The minimum atomic E-state index is -0.219. The molecule has 149 valence electrons. The van der Waals surface area contributed by atoms with Gasteiger partial charge < -0.3 is 16.3 Å². The summed E-state index contributed by atoms with van der Waals surface area (Å²) in [4.78, 5) is 10.4. The second kappa shape index (κ2) is 17.1. The number of nitrogens with one attached hydrogen (secondary N) is 1. The fraction of sp³-hybridized carbons (Fsp3) is 0.238. The van der Waals surface area contributed by atoms with Gasteiger partial charge in [0.2, 0.25) is 11.8 Å². The summed E-state index contributed by atoms with van der Waals surface area (Å²) >= 11 is 0. The van der Waals surface area contributed by atoms with E-state index < -0.39 is 0 Å². The Hall–Kier alpha value is -2.05. The first-order valence-electron chi connectivity index (χ1n) is 8.44. The van der Waals surface area contributed by atoms with Gasteiger partial charge in [0.1, 0.15) is 0 Å². The normalized spacial score (nSPS) is 9.43. The van der Waals surface area contributed by atoms with E-state index in [1.165, 1.54) is 18.1 Å². The summed E-state index contributed by atoms with van der Waals surface area (Å²) in [6.45, 7) is 7.03. The summed E-state index contributed by atoms with van der Waals surface area (Å²) < 4.78 is 9.42. The summed E-state index contributed by atoms with van der Waals surface area (Å²) in [5, 5.41) is 9.39. The topological polar surface area (TPSA) is 81.2 Å². The van der Waals surface area contributed by atoms with Crippen molar-refractivity contribution in [2.75, 3.05) is 5.32 Å². The van der Waals surface area contributed by atoms with Crippen molar-refractivity contribution in [3.8, 4) is 0 Å². The van der Waals surface area contributed by atoms with Crippen LogP contribution in [-0.2, 0) is 43.9 Å². The maximum Gasteiger partial charge on any atom is 0.322 e. The summed E-state index contributed by atoms with van der Waals surface area (Å²) in [6.07, 6.45) is 8.75. The molecule has 0 bridgehead atoms. The first-order valence-corrected chi connectivity index (χ1v) is 8.44. The van der Waals surface area contributed by atoms with Crippen molar-refractivity contribution in [1.82, 2.24) is 10.2 Å². The average Bonchev–Trinajstić information content (AvgIpc) is 3.41. The van der Waals surface area contributed by atoms with Gasteiger partial charge in [-0.2, -0.15) is 0 Å². The van der Waals surface area contributed by atoms with Crippen molar-refractivity contribution >= 4 is 18.0 Å². The molecule has 0 spiro atoms. The van der Waals surface area contributed by atoms with Gasteiger partial charge in [-0.25, -0.2) is 0 Å². The standard InChI is InChI=1S/C9H8.C5H7N3O2.C4H4O.C2H6.CH3.Y/c1-2-5-9-7-3-6-8(9)4-1;1-3(9)6-5-8-7-4(2)10-5;1-2-4-5-3-1;1-2;;/h1-6H,7H2;1-2H3,(H,6,8,9);1-4H;1-2H3;1H3;/q;;;;-1;. The number of amides is 1. The van der Waals surface area contributed by atoms with Gasteiger partial charge in [0.15, 0.2) is 0 Å². The van der Waals surface area contributed by atoms with E-state index in [9.17, 15) is 4.79 Å². The zero-order valence-electron chi connectivity index (χ0n) is 17.2. The number of furan rings is 1. The van der Waals surface area contributed by atoms with Crippen LogP contribution in [0.4, 0.5) is 6.01 Å². The third-order valence-corrected chi connectivity index (χ3v) is 2.92. The van der Waals surface area contributed by atoms with E-state index in [2.05, 4.69) is 56.3 Å². The third kappa shape index (κ3) is 11.6. The molecule has 0 saturated carbocycles. The zero-order chi connectivity index (χ0) is 19.2. The van der Waals surface area contributed by atoms with Crippen LogP contribution in [0.25, 0.3) is 6.08 Å². The van der Waals surface area contributed by atoms with Crippen molar-refractivity contribution in [2.24, 2.45) is 0 Å². The predicted molar refractivity (Wildman–Crippen MR) is 109 cm³/mol. The molecular weight excluding hydrogens is 431 g/mol. The molecule has 1 amide bonds. The molecule has 1 aliphatic carbocycles. The van der Waals surface area contributed by atoms with E-state index >= 15 is 0 Å². The minimum Gasteiger partial charge on any atom is -0.473 e. The van der Waals surface area contributed by atoms with Crippen LogP contribution >= 0.6 is 0 Å². The number of carbonyl (C=O) groups is 1. The minimum absolute atomic E-state index is 0. The number of anilines is 1. The molecule has 0 atom stereocenters. The Morgan fingerprint density at radius 2 is 1.71 bits per heavy atom. The Morgan fingerprint density at radius 3 is 2.18 bits per heavy atom. The Balaban J connectivity index is 0. The SMILES string of the molecule is C1=Cc2ccccc2C1.CC.CC(=O)Nc1nnc(C)o1.[CH3-].[Y].c1ccoc1. The number of allylic oxidation sites excluding steroid dienone is 1. The second-order valence-electron chi connectivity index (χ2n) is 4.91. The van der Waals surface area contributed by atoms with Crippen molar-refractivity contribution < 1.29 is 46.3 Å². The molecule has 28 heavy (non-hydrogen) atoms. The number of carbonyl (C=O) groups excluding carboxylic acids is 1. The Bertz CT molecular complexity index is 767. The number of hydrogen-bond donors (Lipinski definition) is 1. The van der Waals surface area contributed by atoms with Crippen molar-refractivity contribution in [3.63, 3.8) is 0 Å². The molecule has 1 aromatic carbocycles. The number of fused-ring (bicyclic) bond motifs is 1. The first kappa shape index (κ1) is 28.2. The van der Waals surface area contributed by atoms with Crippen molar-refractivity contribution in [3.05, 3.63) is 79.4 Å². The van der Waals surface area contributed by atoms with E-state index in [1.807, 2.05) is 26.0 Å². The van der Waals surface area contributed by atoms with Crippen molar-refractivity contribution in [1.29, 1.82) is 0 Å². The molecular formula is C21H28N3O3Y-. The first-order chi connectivity index (χ1) is 12.6. The molecule has 2 heterocycles. The van der Waals surface area contributed by atoms with Crippen LogP contribution in [0, 0.1) is 14.4 Å². The van der Waals surface area contributed by atoms with E-state index in [0.717, 1.165) is 6.42 Å². The molecule has 7 heteroatoms. The molecule has 1 aliphatic rings. The fourth-order valence-corrected chi connectivity index (χ4v) is 1.92. The van der Waals surface area contributed by atoms with Crippen LogP contribution < -0.4 is 5.32 Å². The third-order valence-electron chi connectivity index (χ3n) is 2.92. The van der Waals surface area contributed by atoms with E-state index in [-0.39, 0.29) is 52.1 Å². The van der Waals surface area contributed by atoms with Crippen LogP contribution in [0.5, 0.6) is 0 Å². The second-order valence-corrected chi connectivity index (χ2v) is 4.91. The van der Waals surface area contributed by atoms with Gasteiger partial charge in [0.25, 0.3) is 0 Å². The zero-order valence-corrected chi connectivity index (χ0v) is 20.0. The molecule has 3 aromatic rings. The summed E-state index contributed by atoms with van der Waals surface area (Å²) in [5.74, 6) is 0.215. The van der Waals surface area contributed by atoms with E-state index in [0.29, 0.717) is 5.89 Å². The number of aryl methyl sites for hydroxylation is 1. The van der Waals surface area contributed by atoms with Gasteiger partial charge in [-0.3, -0.25) is 10.1 Å². The molecule has 6 nitrogen and oxygen atoms in total. The largest absolute Gasteiger partial charge is 0.473 e. The van der Waals surface area contributed by atoms with Crippen LogP contribution in [0.3, 0.4) is 0 Å². The summed E-state index contributed by atoms with van der Waals surface area (Å²) in [7, 11) is 0. The molecule has 4 rings (SSSR count). The van der Waals surface area contributed by atoms with Gasteiger partial charge in [-0.05, 0) is 29.7 Å². The van der Waals surface area contributed by atoms with E-state index in [4.69, 9.17) is 4.42 Å². The number of benzene rings is 1. The predicted octanol–water partition coefficient (Wildman–Crippen LogP) is 5.35. The Kier molecular flexibility index (Phi) is 17.2. The molecule has 0 saturated heterocycles. The van der Waals surface area contributed by atoms with Gasteiger partial charge in [0, 0.05) is 46.6 Å². The smallest absolute Gasteiger partial charge is 0.322 e. The maximum absolute atomic E-state index is 10.4. The molecule has 1 N–H and O–H groups in total. The quantitative estimate of drug-likeness (QED) is 0.497. The van der Waals surface area contributed by atoms with Gasteiger partial charge in [-0.1, -0.05) is 55.4 Å². The van der Waals surface area contributed by atoms with E-state index in [1.54, 1.807) is 19.5 Å². The fourth-order valence-electron chi connectivity index (χ4n) is 1.92. The molecule has 1 radical (unpaired) electrons. The van der Waals surface area contributed by atoms with Gasteiger partial charge in [-0.15, -0.1) is 5.10 Å². The monoisotopic (exact) mass is 459 g/mol. The van der Waals surface area contributed by atoms with Crippen LogP contribution in [0.15, 0.2) is 63.8 Å². The number of rotatable bonds is 1. The molecule has 2 aromatic heterocycles. The van der Waals surface area contributed by atoms with Gasteiger partial charge in [0.05, 0.1) is 12.5 Å². The Morgan fingerprint density at radius 1 is 1.07 bits per heavy atom. The number of aromatic nitrogens is 2. The summed E-state index contributed by atoms with van der Waals surface area (Å²) in [5.41, 5.74) is 2.84. The van der Waals surface area contributed by atoms with Crippen LogP contribution in [0.2, 0.25) is 0 Å².